The summed E-state index contributed by atoms with van der Waals surface area (Å²) in [7, 11) is -0.0851. The first-order valence-corrected chi connectivity index (χ1v) is 6.07. The van der Waals surface area contributed by atoms with Crippen LogP contribution in [0.5, 0.6) is 5.75 Å². The summed E-state index contributed by atoms with van der Waals surface area (Å²) < 4.78 is 18.4. The highest BCUT2D eigenvalue weighted by molar-refractivity contribution is 6.58. The minimum absolute atomic E-state index is 0.124. The molecule has 5 heteroatoms. The van der Waals surface area contributed by atoms with E-state index in [1.54, 1.807) is 13.2 Å². The van der Waals surface area contributed by atoms with Crippen molar-refractivity contribution in [3.05, 3.63) is 59.4 Å². The van der Waals surface area contributed by atoms with Gasteiger partial charge in [0.2, 0.25) is 0 Å². The summed E-state index contributed by atoms with van der Waals surface area (Å²) in [5, 5.41) is 18.1. The van der Waals surface area contributed by atoms with Gasteiger partial charge in [-0.2, -0.15) is 0 Å². The SMILES string of the molecule is COc1ccc(/C=C/c2cc(F)cc(B(O)O)c2)cc1. The van der Waals surface area contributed by atoms with E-state index in [1.807, 2.05) is 30.3 Å². The van der Waals surface area contributed by atoms with E-state index in [-0.39, 0.29) is 5.46 Å². The lowest BCUT2D eigenvalue weighted by atomic mass is 9.79. The molecule has 2 N–H and O–H groups in total. The summed E-state index contributed by atoms with van der Waals surface area (Å²) in [6.45, 7) is 0. The average molecular weight is 272 g/mol. The van der Waals surface area contributed by atoms with Crippen molar-refractivity contribution in [2.24, 2.45) is 0 Å². The van der Waals surface area contributed by atoms with E-state index in [2.05, 4.69) is 0 Å². The quantitative estimate of drug-likeness (QED) is 0.657. The van der Waals surface area contributed by atoms with Gasteiger partial charge in [-0.15, -0.1) is 0 Å². The first kappa shape index (κ1) is 14.3. The maximum atomic E-state index is 13.3. The Bertz CT molecular complexity index is 609. The molecule has 0 fully saturated rings. The first-order valence-electron chi connectivity index (χ1n) is 6.07. The van der Waals surface area contributed by atoms with Crippen LogP contribution in [0.15, 0.2) is 42.5 Å². The van der Waals surface area contributed by atoms with Gasteiger partial charge in [0, 0.05) is 0 Å². The Balaban J connectivity index is 2.21. The zero-order valence-electron chi connectivity index (χ0n) is 11.0. The molecule has 0 amide bonds. The highest BCUT2D eigenvalue weighted by Crippen LogP contribution is 2.14. The van der Waals surface area contributed by atoms with E-state index >= 15 is 0 Å². The molecule has 2 aromatic rings. The third-order valence-corrected chi connectivity index (χ3v) is 2.82. The van der Waals surface area contributed by atoms with Crippen molar-refractivity contribution in [2.75, 3.05) is 7.11 Å². The molecule has 0 bridgehead atoms. The molecule has 3 nitrogen and oxygen atoms in total. The molecule has 0 aliphatic rings. The Kier molecular flexibility index (Phi) is 4.55. The number of hydrogen-bond acceptors (Lipinski definition) is 3. The van der Waals surface area contributed by atoms with Crippen LogP contribution in [0.4, 0.5) is 4.39 Å². The summed E-state index contributed by atoms with van der Waals surface area (Å²) in [5.41, 5.74) is 1.62. The number of ether oxygens (including phenoxy) is 1. The Morgan fingerprint density at radius 1 is 1.00 bits per heavy atom. The van der Waals surface area contributed by atoms with Crippen molar-refractivity contribution < 1.29 is 19.2 Å². The molecule has 0 unspecified atom stereocenters. The number of hydrogen-bond donors (Lipinski definition) is 2. The highest BCUT2D eigenvalue weighted by atomic mass is 19.1. The van der Waals surface area contributed by atoms with Crippen LogP contribution >= 0.6 is 0 Å². The molecule has 0 aliphatic heterocycles. The molecule has 0 radical (unpaired) electrons. The Morgan fingerprint density at radius 3 is 2.25 bits per heavy atom. The highest BCUT2D eigenvalue weighted by Gasteiger charge is 2.12. The maximum absolute atomic E-state index is 13.3. The van der Waals surface area contributed by atoms with E-state index in [1.165, 1.54) is 12.1 Å². The summed E-state index contributed by atoms with van der Waals surface area (Å²) >= 11 is 0. The molecule has 0 spiro atoms. The van der Waals surface area contributed by atoms with Gasteiger partial charge in [0.15, 0.2) is 0 Å². The molecule has 0 heterocycles. The average Bonchev–Trinajstić information content (AvgIpc) is 2.45. The molecular weight excluding hydrogens is 258 g/mol. The minimum atomic E-state index is -1.68. The Morgan fingerprint density at radius 2 is 1.65 bits per heavy atom. The minimum Gasteiger partial charge on any atom is -0.497 e. The van der Waals surface area contributed by atoms with Gasteiger partial charge in [0.25, 0.3) is 0 Å². The monoisotopic (exact) mass is 272 g/mol. The third kappa shape index (κ3) is 3.69. The van der Waals surface area contributed by atoms with Gasteiger partial charge in [-0.25, -0.2) is 4.39 Å². The molecule has 0 atom stereocenters. The van der Waals surface area contributed by atoms with E-state index < -0.39 is 12.9 Å². The van der Waals surface area contributed by atoms with Gasteiger partial charge in [-0.1, -0.05) is 30.4 Å². The number of rotatable bonds is 4. The first-order chi connectivity index (χ1) is 9.58. The standard InChI is InChI=1S/C15H14BFO3/c1-20-15-6-4-11(5-7-15)2-3-12-8-13(16(18)19)10-14(17)9-12/h2-10,18-19H,1H3/b3-2+. The number of benzene rings is 2. The largest absolute Gasteiger partial charge is 0.497 e. The lowest BCUT2D eigenvalue weighted by Crippen LogP contribution is -2.30. The van der Waals surface area contributed by atoms with Crippen LogP contribution in [-0.2, 0) is 0 Å². The second-order valence-corrected chi connectivity index (χ2v) is 4.30. The third-order valence-electron chi connectivity index (χ3n) is 2.82. The molecule has 2 rings (SSSR count). The normalized spacial score (nSPS) is 10.8. The molecule has 0 aliphatic carbocycles. The lowest BCUT2D eigenvalue weighted by molar-refractivity contribution is 0.415. The summed E-state index contributed by atoms with van der Waals surface area (Å²) in [4.78, 5) is 0. The predicted octanol–water partition coefficient (Wildman–Crippen LogP) is 1.68. The fourth-order valence-electron chi connectivity index (χ4n) is 1.79. The fraction of sp³-hybridized carbons (Fsp3) is 0.0667. The smallest absolute Gasteiger partial charge is 0.488 e. The number of halogens is 1. The second-order valence-electron chi connectivity index (χ2n) is 4.30. The van der Waals surface area contributed by atoms with Gasteiger partial charge < -0.3 is 14.8 Å². The Labute approximate surface area is 117 Å². The molecule has 0 saturated carbocycles. The van der Waals surface area contributed by atoms with Crippen LogP contribution < -0.4 is 10.2 Å². The molecule has 2 aromatic carbocycles. The van der Waals surface area contributed by atoms with Crippen molar-refractivity contribution in [1.29, 1.82) is 0 Å². The maximum Gasteiger partial charge on any atom is 0.488 e. The van der Waals surface area contributed by atoms with Gasteiger partial charge in [0.05, 0.1) is 7.11 Å². The zero-order chi connectivity index (χ0) is 14.5. The predicted molar refractivity (Wildman–Crippen MR) is 78.1 cm³/mol. The molecule has 0 aromatic heterocycles. The van der Waals surface area contributed by atoms with E-state index in [4.69, 9.17) is 14.8 Å². The van der Waals surface area contributed by atoms with Crippen LogP contribution in [0.25, 0.3) is 12.2 Å². The number of methoxy groups -OCH3 is 1. The van der Waals surface area contributed by atoms with Crippen LogP contribution in [0.3, 0.4) is 0 Å². The van der Waals surface area contributed by atoms with E-state index in [0.29, 0.717) is 5.56 Å². The van der Waals surface area contributed by atoms with E-state index in [0.717, 1.165) is 17.4 Å². The Hall–Kier alpha value is -2.11. The van der Waals surface area contributed by atoms with Crippen molar-refractivity contribution >= 4 is 24.7 Å². The van der Waals surface area contributed by atoms with Crippen LogP contribution in [0.1, 0.15) is 11.1 Å². The lowest BCUT2D eigenvalue weighted by Gasteiger charge is -2.02. The van der Waals surface area contributed by atoms with Crippen LogP contribution in [0.2, 0.25) is 0 Å². The topological polar surface area (TPSA) is 49.7 Å². The van der Waals surface area contributed by atoms with Crippen LogP contribution in [-0.4, -0.2) is 24.3 Å². The van der Waals surface area contributed by atoms with E-state index in [9.17, 15) is 4.39 Å². The second kappa shape index (κ2) is 6.37. The summed E-state index contributed by atoms with van der Waals surface area (Å²) in [5.74, 6) is 0.253. The van der Waals surface area contributed by atoms with Gasteiger partial charge in [-0.3, -0.25) is 0 Å². The fourth-order valence-corrected chi connectivity index (χ4v) is 1.79. The van der Waals surface area contributed by atoms with Gasteiger partial charge in [-0.05, 0) is 40.9 Å². The van der Waals surface area contributed by atoms with Gasteiger partial charge in [0.1, 0.15) is 11.6 Å². The van der Waals surface area contributed by atoms with Crippen molar-refractivity contribution in [3.63, 3.8) is 0 Å². The molecule has 20 heavy (non-hydrogen) atoms. The zero-order valence-corrected chi connectivity index (χ0v) is 11.0. The van der Waals surface area contributed by atoms with Crippen molar-refractivity contribution in [2.45, 2.75) is 0 Å². The molecular formula is C15H14BFO3. The van der Waals surface area contributed by atoms with Crippen LogP contribution in [0, 0.1) is 5.82 Å². The van der Waals surface area contributed by atoms with Crippen molar-refractivity contribution in [1.82, 2.24) is 0 Å². The summed E-state index contributed by atoms with van der Waals surface area (Å²) in [6.07, 6.45) is 3.51. The molecule has 0 saturated heterocycles. The molecule has 102 valence electrons. The van der Waals surface area contributed by atoms with Gasteiger partial charge >= 0.3 is 7.12 Å². The summed E-state index contributed by atoms with van der Waals surface area (Å²) in [6, 6.07) is 11.3. The van der Waals surface area contributed by atoms with Crippen molar-refractivity contribution in [3.8, 4) is 5.75 Å².